The van der Waals surface area contributed by atoms with Gasteiger partial charge in [0.05, 0.1) is 0 Å². The molecule has 0 amide bonds. The van der Waals surface area contributed by atoms with Crippen LogP contribution in [0.4, 0.5) is 0 Å². The second-order valence-corrected chi connectivity index (χ2v) is 3.82. The molecule has 3 aromatic rings. The second kappa shape index (κ2) is 4.63. The van der Waals surface area contributed by atoms with Crippen LogP contribution < -0.4 is 0 Å². The maximum Gasteiger partial charge on any atom is 1.00 e. The van der Waals surface area contributed by atoms with Crippen LogP contribution in [0.15, 0.2) is 54.6 Å². The van der Waals surface area contributed by atoms with Gasteiger partial charge in [0.1, 0.15) is 0 Å². The fraction of sp³-hybridized carbons (Fsp3) is 0. The van der Waals surface area contributed by atoms with Gasteiger partial charge >= 0.3 is 17.1 Å². The minimum Gasteiger partial charge on any atom is -0.366 e. The molecule has 0 heterocycles. The van der Waals surface area contributed by atoms with Crippen LogP contribution in [0.3, 0.4) is 0 Å². The molecule has 0 saturated heterocycles. The fourth-order valence-electron chi connectivity index (χ4n) is 2.15. The van der Waals surface area contributed by atoms with Gasteiger partial charge in [-0.15, -0.1) is 5.56 Å². The largest absolute Gasteiger partial charge is 1.00 e. The van der Waals surface area contributed by atoms with Crippen LogP contribution in [0.2, 0.25) is 0 Å². The fourth-order valence-corrected chi connectivity index (χ4v) is 2.15. The summed E-state index contributed by atoms with van der Waals surface area (Å²) in [5.74, 6) is 2.56. The number of rotatable bonds is 0. The van der Waals surface area contributed by atoms with Gasteiger partial charge < -0.3 is 6.42 Å². The monoisotopic (exact) mass is 264 g/mol. The van der Waals surface area contributed by atoms with Gasteiger partial charge in [-0.3, -0.25) is 5.92 Å². The summed E-state index contributed by atoms with van der Waals surface area (Å²) in [5.41, 5.74) is 0.883. The molecule has 3 aromatic carbocycles. The summed E-state index contributed by atoms with van der Waals surface area (Å²) < 4.78 is 0. The van der Waals surface area contributed by atoms with Crippen LogP contribution in [0, 0.1) is 12.3 Å². The normalized spacial score (nSPS) is 9.82. The molecule has 0 aliphatic heterocycles. The van der Waals surface area contributed by atoms with Gasteiger partial charge in [-0.2, -0.15) is 0 Å². The summed E-state index contributed by atoms with van der Waals surface area (Å²) in [6.45, 7) is 0. The van der Waals surface area contributed by atoms with E-state index in [2.05, 4.69) is 24.1 Å². The van der Waals surface area contributed by atoms with Gasteiger partial charge in [-0.25, -0.2) is 0 Å². The summed E-state index contributed by atoms with van der Waals surface area (Å²) in [5, 5.41) is 4.51. The van der Waals surface area contributed by atoms with E-state index in [1.165, 1.54) is 0 Å². The Morgan fingerprint density at radius 1 is 0.765 bits per heavy atom. The molecule has 0 aromatic heterocycles. The predicted molar refractivity (Wildman–Crippen MR) is 67.7 cm³/mol. The summed E-state index contributed by atoms with van der Waals surface area (Å²) >= 11 is 0. The average Bonchev–Trinajstić information content (AvgIpc) is 2.36. The van der Waals surface area contributed by atoms with Gasteiger partial charge in [0.15, 0.2) is 0 Å². The summed E-state index contributed by atoms with van der Waals surface area (Å²) in [4.78, 5) is 0. The van der Waals surface area contributed by atoms with Crippen LogP contribution in [-0.2, 0) is 17.1 Å². The minimum atomic E-state index is 0. The van der Waals surface area contributed by atoms with E-state index in [-0.39, 0.29) is 17.1 Å². The summed E-state index contributed by atoms with van der Waals surface area (Å²) in [6.07, 6.45) is 7.46. The molecule has 0 bridgehead atoms. The Labute approximate surface area is 111 Å². The number of hydrogen-bond acceptors (Lipinski definition) is 0. The Morgan fingerprint density at radius 3 is 1.71 bits per heavy atom. The first-order valence-corrected chi connectivity index (χ1v) is 5.23. The van der Waals surface area contributed by atoms with Gasteiger partial charge in [0, 0.05) is 0 Å². The molecule has 0 nitrogen and oxygen atoms in total. The Kier molecular flexibility index (Phi) is 3.20. The third-order valence-electron chi connectivity index (χ3n) is 2.90. The Hall–Kier alpha value is -1.74. The van der Waals surface area contributed by atoms with Crippen molar-refractivity contribution in [3.8, 4) is 5.92 Å². The minimum absolute atomic E-state index is 0. The van der Waals surface area contributed by atoms with E-state index in [0.717, 1.165) is 27.1 Å². The van der Waals surface area contributed by atoms with Crippen LogP contribution in [0.5, 0.6) is 0 Å². The van der Waals surface area contributed by atoms with E-state index < -0.39 is 0 Å². The molecular formula is C16H9Cu. The van der Waals surface area contributed by atoms with Crippen molar-refractivity contribution in [3.63, 3.8) is 0 Å². The van der Waals surface area contributed by atoms with E-state index in [1.54, 1.807) is 0 Å². The predicted octanol–water partition coefficient (Wildman–Crippen LogP) is 3.93. The molecule has 0 N–H and O–H groups in total. The maximum absolute atomic E-state index is 7.46. The zero-order chi connectivity index (χ0) is 11.0. The third-order valence-corrected chi connectivity index (χ3v) is 2.90. The molecule has 0 radical (unpaired) electrons. The Balaban J connectivity index is 0.00000108. The van der Waals surface area contributed by atoms with Crippen LogP contribution in [0.25, 0.3) is 21.5 Å². The summed E-state index contributed by atoms with van der Waals surface area (Å²) in [7, 11) is 0. The second-order valence-electron chi connectivity index (χ2n) is 3.82. The van der Waals surface area contributed by atoms with Crippen molar-refractivity contribution in [1.82, 2.24) is 0 Å². The molecule has 1 heteroatoms. The molecular weight excluding hydrogens is 256 g/mol. The first-order valence-electron chi connectivity index (χ1n) is 5.23. The Morgan fingerprint density at radius 2 is 1.24 bits per heavy atom. The molecule has 0 saturated carbocycles. The van der Waals surface area contributed by atoms with E-state index in [0.29, 0.717) is 0 Å². The van der Waals surface area contributed by atoms with Gasteiger partial charge in [-0.1, -0.05) is 59.3 Å². The van der Waals surface area contributed by atoms with Gasteiger partial charge in [0.25, 0.3) is 0 Å². The average molecular weight is 265 g/mol. The zero-order valence-electron chi connectivity index (χ0n) is 9.00. The quantitative estimate of drug-likeness (QED) is 0.250. The molecule has 0 atom stereocenters. The number of fused-ring (bicyclic) bond motifs is 2. The van der Waals surface area contributed by atoms with Crippen molar-refractivity contribution in [3.05, 3.63) is 66.6 Å². The molecule has 84 valence electrons. The van der Waals surface area contributed by atoms with Crippen LogP contribution in [0.1, 0.15) is 5.56 Å². The molecule has 0 spiro atoms. The van der Waals surface area contributed by atoms with Gasteiger partial charge in [0.2, 0.25) is 0 Å². The SMILES string of the molecule is [C-]#Cc1c2ccccc2cc2ccccc12.[Cu+]. The van der Waals surface area contributed by atoms with Crippen LogP contribution >= 0.6 is 0 Å². The first-order chi connectivity index (χ1) is 7.90. The smallest absolute Gasteiger partial charge is 0.366 e. The van der Waals surface area contributed by atoms with E-state index in [9.17, 15) is 0 Å². The molecule has 0 aliphatic rings. The van der Waals surface area contributed by atoms with Crippen molar-refractivity contribution >= 4 is 21.5 Å². The van der Waals surface area contributed by atoms with Crippen molar-refractivity contribution in [2.24, 2.45) is 0 Å². The van der Waals surface area contributed by atoms with Crippen molar-refractivity contribution < 1.29 is 17.1 Å². The molecule has 0 unspecified atom stereocenters. The van der Waals surface area contributed by atoms with Crippen molar-refractivity contribution in [2.75, 3.05) is 0 Å². The van der Waals surface area contributed by atoms with Crippen molar-refractivity contribution in [1.29, 1.82) is 0 Å². The number of benzene rings is 3. The standard InChI is InChI=1S/C16H9.Cu/c1-2-14-15-9-5-3-7-12(15)11-13-8-4-6-10-16(13)14;/h3-11H;/q-1;+1. The van der Waals surface area contributed by atoms with E-state index in [1.807, 2.05) is 36.4 Å². The maximum atomic E-state index is 7.46. The summed E-state index contributed by atoms with van der Waals surface area (Å²) in [6, 6.07) is 18.4. The molecule has 3 rings (SSSR count). The van der Waals surface area contributed by atoms with Crippen molar-refractivity contribution in [2.45, 2.75) is 0 Å². The number of hydrogen-bond donors (Lipinski definition) is 0. The van der Waals surface area contributed by atoms with Crippen LogP contribution in [-0.4, -0.2) is 0 Å². The Bertz CT molecular complexity index is 666. The first kappa shape index (κ1) is 11.7. The molecule has 0 fully saturated rings. The zero-order valence-corrected chi connectivity index (χ0v) is 9.94. The topological polar surface area (TPSA) is 0 Å². The van der Waals surface area contributed by atoms with Gasteiger partial charge in [-0.05, 0) is 16.8 Å². The van der Waals surface area contributed by atoms with E-state index >= 15 is 0 Å². The van der Waals surface area contributed by atoms with E-state index in [4.69, 9.17) is 6.42 Å². The molecule has 0 aliphatic carbocycles. The third kappa shape index (κ3) is 1.83. The molecule has 17 heavy (non-hydrogen) atoms.